The zero-order valence-electron chi connectivity index (χ0n) is 21.1. The fraction of sp³-hybridized carbons (Fsp3) is 0.333. The Balaban J connectivity index is 1.51. The molecule has 0 saturated heterocycles. The van der Waals surface area contributed by atoms with Gasteiger partial charge in [-0.3, -0.25) is 4.79 Å². The first kappa shape index (κ1) is 26.4. The van der Waals surface area contributed by atoms with Crippen LogP contribution in [0.5, 0.6) is 11.5 Å². The van der Waals surface area contributed by atoms with Gasteiger partial charge in [-0.1, -0.05) is 23.7 Å². The summed E-state index contributed by atoms with van der Waals surface area (Å²) < 4.78 is 21.8. The fourth-order valence-corrected chi connectivity index (χ4v) is 4.02. The molecule has 0 spiro atoms. The summed E-state index contributed by atoms with van der Waals surface area (Å²) in [6.45, 7) is 4.79. The molecule has 10 heteroatoms. The molecule has 0 atom stereocenters. The van der Waals surface area contributed by atoms with E-state index < -0.39 is 6.03 Å². The van der Waals surface area contributed by atoms with Crippen LogP contribution in [0.4, 0.5) is 10.5 Å². The number of hydrogen-bond donors (Lipinski definition) is 1. The van der Waals surface area contributed by atoms with Gasteiger partial charge < -0.3 is 33.7 Å². The zero-order valence-corrected chi connectivity index (χ0v) is 21.8. The van der Waals surface area contributed by atoms with Crippen LogP contribution in [0.25, 0.3) is 0 Å². The van der Waals surface area contributed by atoms with Crippen LogP contribution in [-0.4, -0.2) is 55.3 Å². The third-order valence-electron chi connectivity index (χ3n) is 5.91. The third kappa shape index (κ3) is 6.96. The van der Waals surface area contributed by atoms with Gasteiger partial charge in [-0.15, -0.1) is 0 Å². The average Bonchev–Trinajstić information content (AvgIpc) is 3.51. The maximum atomic E-state index is 13.6. The number of anilines is 1. The van der Waals surface area contributed by atoms with Gasteiger partial charge in [0.1, 0.15) is 18.1 Å². The van der Waals surface area contributed by atoms with Crippen LogP contribution in [-0.2, 0) is 22.6 Å². The number of amides is 3. The molecule has 0 aliphatic carbocycles. The van der Waals surface area contributed by atoms with Gasteiger partial charge in [0.2, 0.25) is 12.7 Å². The maximum Gasteiger partial charge on any atom is 0.322 e. The van der Waals surface area contributed by atoms with Crippen molar-refractivity contribution in [2.75, 3.05) is 38.9 Å². The SMILES string of the molecule is COCCN(CC(=O)N(Cc1ccc2c(c1)OCO2)Cc1ccc(C)o1)C(=O)Nc1ccc(C)c(Cl)c1. The number of nitrogens with zero attached hydrogens (tertiary/aromatic N) is 2. The zero-order chi connectivity index (χ0) is 26.4. The molecule has 0 fully saturated rings. The first-order valence-corrected chi connectivity index (χ1v) is 12.2. The van der Waals surface area contributed by atoms with Crippen LogP contribution >= 0.6 is 11.6 Å². The van der Waals surface area contributed by atoms with E-state index in [9.17, 15) is 9.59 Å². The molecule has 4 rings (SSSR count). The molecular weight excluding hydrogens is 498 g/mol. The molecule has 3 aromatic rings. The van der Waals surface area contributed by atoms with Crippen molar-refractivity contribution in [3.8, 4) is 11.5 Å². The van der Waals surface area contributed by atoms with Crippen LogP contribution in [0, 0.1) is 13.8 Å². The highest BCUT2D eigenvalue weighted by atomic mass is 35.5. The van der Waals surface area contributed by atoms with E-state index in [0.29, 0.717) is 34.5 Å². The van der Waals surface area contributed by atoms with E-state index in [1.807, 2.05) is 50.2 Å². The van der Waals surface area contributed by atoms with Gasteiger partial charge in [0, 0.05) is 30.9 Å². The molecule has 0 bridgehead atoms. The van der Waals surface area contributed by atoms with Crippen molar-refractivity contribution in [3.63, 3.8) is 0 Å². The largest absolute Gasteiger partial charge is 0.464 e. The lowest BCUT2D eigenvalue weighted by molar-refractivity contribution is -0.133. The number of methoxy groups -OCH3 is 1. The molecule has 1 aliphatic rings. The molecule has 1 aliphatic heterocycles. The Labute approximate surface area is 220 Å². The van der Waals surface area contributed by atoms with Crippen molar-refractivity contribution in [1.82, 2.24) is 9.80 Å². The first-order chi connectivity index (χ1) is 17.8. The Bertz CT molecular complexity index is 1260. The third-order valence-corrected chi connectivity index (χ3v) is 6.31. The summed E-state index contributed by atoms with van der Waals surface area (Å²) in [5.41, 5.74) is 2.31. The Hall–Kier alpha value is -3.69. The molecule has 196 valence electrons. The van der Waals surface area contributed by atoms with Crippen LogP contribution in [0.15, 0.2) is 52.9 Å². The topological polar surface area (TPSA) is 93.5 Å². The molecule has 0 saturated carbocycles. The molecule has 1 N–H and O–H groups in total. The van der Waals surface area contributed by atoms with Gasteiger partial charge in [-0.2, -0.15) is 0 Å². The highest BCUT2D eigenvalue weighted by Crippen LogP contribution is 2.33. The molecule has 2 aromatic carbocycles. The molecular formula is C27H30ClN3O6. The summed E-state index contributed by atoms with van der Waals surface area (Å²) in [6.07, 6.45) is 0. The second-order valence-electron chi connectivity index (χ2n) is 8.76. The number of rotatable bonds is 10. The summed E-state index contributed by atoms with van der Waals surface area (Å²) in [5, 5.41) is 3.36. The standard InChI is InChI=1S/C27H30ClN3O6/c1-18-4-7-21(13-23(18)28)29-27(33)30(10-11-34-3)16-26(32)31(15-22-8-5-19(2)37-22)14-20-6-9-24-25(12-20)36-17-35-24/h4-9,12-13H,10-11,14-17H2,1-3H3,(H,29,33). The second kappa shape index (κ2) is 12.0. The van der Waals surface area contributed by atoms with E-state index in [1.54, 1.807) is 24.1 Å². The summed E-state index contributed by atoms with van der Waals surface area (Å²) in [6, 6.07) is 14.1. The number of carbonyl (C=O) groups excluding carboxylic acids is 2. The van der Waals surface area contributed by atoms with E-state index in [1.165, 1.54) is 4.90 Å². The predicted octanol–water partition coefficient (Wildman–Crippen LogP) is 4.99. The number of urea groups is 1. The van der Waals surface area contributed by atoms with Crippen molar-refractivity contribution in [1.29, 1.82) is 0 Å². The van der Waals surface area contributed by atoms with Gasteiger partial charge in [-0.05, 0) is 61.4 Å². The number of benzene rings is 2. The van der Waals surface area contributed by atoms with E-state index >= 15 is 0 Å². The lowest BCUT2D eigenvalue weighted by Gasteiger charge is -2.27. The number of ether oxygens (including phenoxy) is 3. The van der Waals surface area contributed by atoms with Gasteiger partial charge in [0.25, 0.3) is 0 Å². The minimum Gasteiger partial charge on any atom is -0.464 e. The van der Waals surface area contributed by atoms with Crippen LogP contribution in [0.1, 0.15) is 22.6 Å². The Morgan fingerprint density at radius 3 is 2.54 bits per heavy atom. The lowest BCUT2D eigenvalue weighted by atomic mass is 10.2. The predicted molar refractivity (Wildman–Crippen MR) is 139 cm³/mol. The summed E-state index contributed by atoms with van der Waals surface area (Å²) >= 11 is 6.21. The fourth-order valence-electron chi connectivity index (χ4n) is 3.84. The Kier molecular flexibility index (Phi) is 8.58. The smallest absolute Gasteiger partial charge is 0.322 e. The average molecular weight is 528 g/mol. The number of carbonyl (C=O) groups is 2. The van der Waals surface area contributed by atoms with Crippen molar-refractivity contribution >= 4 is 29.2 Å². The molecule has 2 heterocycles. The lowest BCUT2D eigenvalue weighted by Crippen LogP contribution is -2.45. The van der Waals surface area contributed by atoms with E-state index in [0.717, 1.165) is 16.9 Å². The molecule has 0 radical (unpaired) electrons. The van der Waals surface area contributed by atoms with Crippen molar-refractivity contribution in [2.45, 2.75) is 26.9 Å². The highest BCUT2D eigenvalue weighted by Gasteiger charge is 2.24. The van der Waals surface area contributed by atoms with Gasteiger partial charge in [-0.25, -0.2) is 4.79 Å². The Morgan fingerprint density at radius 2 is 1.81 bits per heavy atom. The maximum absolute atomic E-state index is 13.6. The van der Waals surface area contributed by atoms with Gasteiger partial charge in [0.15, 0.2) is 11.5 Å². The molecule has 0 unspecified atom stereocenters. The number of aryl methyl sites for hydroxylation is 2. The number of fused-ring (bicyclic) bond motifs is 1. The number of halogens is 1. The molecule has 9 nitrogen and oxygen atoms in total. The van der Waals surface area contributed by atoms with Crippen LogP contribution in [0.2, 0.25) is 5.02 Å². The molecule has 37 heavy (non-hydrogen) atoms. The van der Waals surface area contributed by atoms with E-state index in [4.69, 9.17) is 30.2 Å². The van der Waals surface area contributed by atoms with Crippen molar-refractivity contribution in [3.05, 3.63) is 76.2 Å². The van der Waals surface area contributed by atoms with E-state index in [2.05, 4.69) is 5.32 Å². The minimum atomic E-state index is -0.429. The van der Waals surface area contributed by atoms with Crippen LogP contribution < -0.4 is 14.8 Å². The minimum absolute atomic E-state index is 0.154. The number of furan rings is 1. The molecule has 3 amide bonds. The summed E-state index contributed by atoms with van der Waals surface area (Å²) in [5.74, 6) is 2.45. The quantitative estimate of drug-likeness (QED) is 0.399. The molecule has 1 aromatic heterocycles. The normalized spacial score (nSPS) is 11.9. The highest BCUT2D eigenvalue weighted by molar-refractivity contribution is 6.31. The number of hydrogen-bond acceptors (Lipinski definition) is 6. The van der Waals surface area contributed by atoms with Crippen molar-refractivity contribution < 1.29 is 28.2 Å². The summed E-state index contributed by atoms with van der Waals surface area (Å²) in [7, 11) is 1.54. The van der Waals surface area contributed by atoms with Crippen LogP contribution in [0.3, 0.4) is 0 Å². The van der Waals surface area contributed by atoms with E-state index in [-0.39, 0.29) is 38.9 Å². The number of nitrogens with one attached hydrogen (secondary N) is 1. The first-order valence-electron chi connectivity index (χ1n) is 11.8. The Morgan fingerprint density at radius 1 is 1.00 bits per heavy atom. The van der Waals surface area contributed by atoms with Gasteiger partial charge >= 0.3 is 6.03 Å². The monoisotopic (exact) mass is 527 g/mol. The van der Waals surface area contributed by atoms with Gasteiger partial charge in [0.05, 0.1) is 13.2 Å². The van der Waals surface area contributed by atoms with Crippen molar-refractivity contribution in [2.24, 2.45) is 0 Å². The summed E-state index contributed by atoms with van der Waals surface area (Å²) in [4.78, 5) is 29.7. The second-order valence-corrected chi connectivity index (χ2v) is 9.17.